The molecule has 0 saturated heterocycles. The molecule has 8 aliphatic rings. The second kappa shape index (κ2) is 35.3. The summed E-state index contributed by atoms with van der Waals surface area (Å²) in [5.74, 6) is 11.9. The van der Waals surface area contributed by atoms with Crippen molar-refractivity contribution in [1.82, 2.24) is 0 Å². The standard InChI is InChI=1S/C11H22.3C9H18.3C8H16.C7H14/c1-9-10(2,3)7-6-8-11(9,4)5;1-8-4-6-9(2,3)7-5-8;1-8-6-4-5-7-9(8,2)3;1-7-5-4-6-8(2)9(7)3;1-7-5-3-4-6-8(7)2;1-7(2)8-5-3-4-6-8;1-2-8-6-4-3-5-7-8;1-2-7-5-3-4-6-7/h9H,6-8H2,1-5H3;2*8H,4-7H2,1-3H3;7-9H,4-6H2,1-3H3;2*7-8H,3-6H2,1-2H3;8H,2-7H2,1H3;7H,2-6H2,1H3/t;;8-;;7-,8?;;;/m..1.1.../s1. The van der Waals surface area contributed by atoms with Crippen molar-refractivity contribution < 1.29 is 0 Å². The molecule has 414 valence electrons. The van der Waals surface area contributed by atoms with Gasteiger partial charge in [0.2, 0.25) is 0 Å². The van der Waals surface area contributed by atoms with Crippen LogP contribution in [0.3, 0.4) is 0 Å². The third kappa shape index (κ3) is 29.0. The molecule has 0 aliphatic heterocycles. The van der Waals surface area contributed by atoms with E-state index in [1.54, 1.807) is 0 Å². The molecule has 0 amide bonds. The lowest BCUT2D eigenvalue weighted by Crippen LogP contribution is -2.38. The van der Waals surface area contributed by atoms with Gasteiger partial charge in [-0.2, -0.15) is 0 Å². The summed E-state index contributed by atoms with van der Waals surface area (Å²) >= 11 is 0. The second-order valence-corrected chi connectivity index (χ2v) is 29.8. The maximum atomic E-state index is 2.42. The Balaban J connectivity index is 0.000000395. The Hall–Kier alpha value is 0. The van der Waals surface area contributed by atoms with Crippen LogP contribution in [0.2, 0.25) is 0 Å². The van der Waals surface area contributed by atoms with E-state index < -0.39 is 0 Å². The lowest BCUT2D eigenvalue weighted by atomic mass is 9.58. The molecule has 8 rings (SSSR count). The van der Waals surface area contributed by atoms with Crippen LogP contribution in [-0.2, 0) is 0 Å². The maximum absolute atomic E-state index is 2.42. The van der Waals surface area contributed by atoms with Crippen molar-refractivity contribution in [3.05, 3.63) is 0 Å². The van der Waals surface area contributed by atoms with Crippen LogP contribution in [0, 0.1) is 92.7 Å². The second-order valence-electron chi connectivity index (χ2n) is 29.8. The van der Waals surface area contributed by atoms with Gasteiger partial charge < -0.3 is 0 Å². The highest BCUT2D eigenvalue weighted by Crippen LogP contribution is 2.50. The van der Waals surface area contributed by atoms with Crippen molar-refractivity contribution in [3.8, 4) is 0 Å². The summed E-state index contributed by atoms with van der Waals surface area (Å²) in [4.78, 5) is 0. The molecule has 8 aliphatic carbocycles. The summed E-state index contributed by atoms with van der Waals surface area (Å²) in [6.07, 6.45) is 48.5. The number of hydrogen-bond acceptors (Lipinski definition) is 0. The Kier molecular flexibility index (Phi) is 34.3. The third-order valence-corrected chi connectivity index (χ3v) is 22.0. The summed E-state index contributed by atoms with van der Waals surface area (Å²) in [5.41, 5.74) is 2.44. The average molecular weight is 968 g/mol. The van der Waals surface area contributed by atoms with Gasteiger partial charge >= 0.3 is 0 Å². The minimum atomic E-state index is 0.571. The van der Waals surface area contributed by atoms with Crippen LogP contribution in [0.25, 0.3) is 0 Å². The van der Waals surface area contributed by atoms with Crippen molar-refractivity contribution in [2.75, 3.05) is 0 Å². The first-order valence-electron chi connectivity index (χ1n) is 32.3. The molecule has 8 fully saturated rings. The highest BCUT2D eigenvalue weighted by Gasteiger charge is 2.40. The van der Waals surface area contributed by atoms with Gasteiger partial charge in [-0.15, -0.1) is 0 Å². The van der Waals surface area contributed by atoms with E-state index in [9.17, 15) is 0 Å². The quantitative estimate of drug-likeness (QED) is 0.264. The highest BCUT2D eigenvalue weighted by atomic mass is 14.5. The van der Waals surface area contributed by atoms with Crippen LogP contribution in [0.15, 0.2) is 0 Å². The SMILES string of the molecule is CC(C)C1CCCC1.CC1C(C)(C)CCCC1(C)C.CC1CCC(C)(C)CC1.CC1CCCC(C)C1C.CC1CCCC[C@H]1C.CCC1CCCC1.CCC1CCCCC1.C[C@@H]1CCCCC1(C)C. The minimum Gasteiger partial charge on any atom is -0.0651 e. The Morgan fingerprint density at radius 2 is 0.710 bits per heavy atom. The first-order chi connectivity index (χ1) is 32.3. The molecule has 0 spiro atoms. The average Bonchev–Trinajstić information content (AvgIpc) is 4.06. The molecule has 69 heavy (non-hydrogen) atoms. The van der Waals surface area contributed by atoms with E-state index in [4.69, 9.17) is 0 Å². The van der Waals surface area contributed by atoms with Gasteiger partial charge in [0, 0.05) is 0 Å². The highest BCUT2D eigenvalue weighted by molar-refractivity contribution is 4.90. The minimum absolute atomic E-state index is 0.571. The van der Waals surface area contributed by atoms with Crippen LogP contribution < -0.4 is 0 Å². The van der Waals surface area contributed by atoms with Gasteiger partial charge in [0.05, 0.1) is 0 Å². The zero-order valence-electron chi connectivity index (χ0n) is 52.3. The summed E-state index contributed by atoms with van der Waals surface area (Å²) in [6.45, 7) is 47.6. The molecule has 0 aromatic heterocycles. The molecule has 3 unspecified atom stereocenters. The monoisotopic (exact) mass is 967 g/mol. The van der Waals surface area contributed by atoms with Gasteiger partial charge in [0.15, 0.2) is 0 Å². The van der Waals surface area contributed by atoms with Gasteiger partial charge in [-0.3, -0.25) is 0 Å². The molecule has 0 heteroatoms. The van der Waals surface area contributed by atoms with Gasteiger partial charge in [-0.25, -0.2) is 0 Å². The molecule has 0 radical (unpaired) electrons. The zero-order chi connectivity index (χ0) is 52.3. The molecular weight excluding hydrogens is 829 g/mol. The largest absolute Gasteiger partial charge is 0.0651 e. The fraction of sp³-hybridized carbons (Fsp3) is 1.00. The summed E-state index contributed by atoms with van der Waals surface area (Å²) in [7, 11) is 0. The predicted molar refractivity (Wildman–Crippen MR) is 317 cm³/mol. The van der Waals surface area contributed by atoms with Crippen molar-refractivity contribution in [1.29, 1.82) is 0 Å². The molecule has 0 aromatic carbocycles. The lowest BCUT2D eigenvalue weighted by Gasteiger charge is -2.47. The van der Waals surface area contributed by atoms with Gasteiger partial charge in [0.1, 0.15) is 0 Å². The molecule has 0 heterocycles. The fourth-order valence-corrected chi connectivity index (χ4v) is 13.7. The van der Waals surface area contributed by atoms with Crippen LogP contribution in [-0.4, -0.2) is 0 Å². The van der Waals surface area contributed by atoms with Crippen LogP contribution in [0.1, 0.15) is 350 Å². The lowest BCUT2D eigenvalue weighted by molar-refractivity contribution is 0.0286. The van der Waals surface area contributed by atoms with Gasteiger partial charge in [-0.1, -0.05) is 318 Å². The van der Waals surface area contributed by atoms with Crippen LogP contribution >= 0.6 is 0 Å². The number of rotatable bonds is 3. The Bertz CT molecular complexity index is 1130. The van der Waals surface area contributed by atoms with Gasteiger partial charge in [0.25, 0.3) is 0 Å². The summed E-state index contributed by atoms with van der Waals surface area (Å²) < 4.78 is 0. The van der Waals surface area contributed by atoms with E-state index >= 15 is 0 Å². The molecule has 8 saturated carbocycles. The Labute approximate surface area is 441 Å². The molecule has 0 aromatic rings. The van der Waals surface area contributed by atoms with E-state index in [2.05, 4.69) is 138 Å². The van der Waals surface area contributed by atoms with Crippen LogP contribution in [0.4, 0.5) is 0 Å². The maximum Gasteiger partial charge on any atom is -0.0323 e. The summed E-state index contributed by atoms with van der Waals surface area (Å²) in [5, 5.41) is 0. The van der Waals surface area contributed by atoms with Crippen LogP contribution in [0.5, 0.6) is 0 Å². The first kappa shape index (κ1) is 67.0. The van der Waals surface area contributed by atoms with E-state index in [-0.39, 0.29) is 0 Å². The molecule has 0 N–H and O–H groups in total. The third-order valence-electron chi connectivity index (χ3n) is 22.0. The summed E-state index contributed by atoms with van der Waals surface area (Å²) in [6, 6.07) is 0. The van der Waals surface area contributed by atoms with Crippen molar-refractivity contribution in [2.24, 2.45) is 92.7 Å². The number of hydrogen-bond donors (Lipinski definition) is 0. The van der Waals surface area contributed by atoms with E-state index in [0.29, 0.717) is 21.7 Å². The Morgan fingerprint density at radius 1 is 0.348 bits per heavy atom. The fourth-order valence-electron chi connectivity index (χ4n) is 13.7. The van der Waals surface area contributed by atoms with Crippen molar-refractivity contribution >= 4 is 0 Å². The predicted octanol–water partition coefficient (Wildman–Crippen LogP) is 24.6. The molecular formula is C69H138. The normalized spacial score (nSPS) is 31.3. The Morgan fingerprint density at radius 3 is 1.00 bits per heavy atom. The molecule has 0 bridgehead atoms. The van der Waals surface area contributed by atoms with Crippen molar-refractivity contribution in [2.45, 2.75) is 350 Å². The van der Waals surface area contributed by atoms with Crippen molar-refractivity contribution in [3.63, 3.8) is 0 Å². The van der Waals surface area contributed by atoms with E-state index in [1.165, 1.54) is 212 Å². The molecule has 5 atom stereocenters. The van der Waals surface area contributed by atoms with E-state index in [0.717, 1.165) is 71.0 Å². The first-order valence-corrected chi connectivity index (χ1v) is 32.3. The molecule has 0 nitrogen and oxygen atoms in total. The van der Waals surface area contributed by atoms with E-state index in [1.807, 2.05) is 0 Å². The zero-order valence-corrected chi connectivity index (χ0v) is 52.3. The smallest absolute Gasteiger partial charge is 0.0323 e. The topological polar surface area (TPSA) is 0 Å². The van der Waals surface area contributed by atoms with Gasteiger partial charge in [-0.05, 0) is 125 Å².